The molecule has 14 heavy (non-hydrogen) atoms. The lowest BCUT2D eigenvalue weighted by atomic mass is 9.93. The SMILES string of the molecule is CC(C)C(=O)NCC1CC2C=CC1C2. The van der Waals surface area contributed by atoms with Crippen LogP contribution in [0.15, 0.2) is 12.2 Å². The molecule has 1 N–H and O–H groups in total. The van der Waals surface area contributed by atoms with Crippen molar-refractivity contribution < 1.29 is 4.79 Å². The van der Waals surface area contributed by atoms with Gasteiger partial charge < -0.3 is 5.32 Å². The van der Waals surface area contributed by atoms with Crippen LogP contribution in [0.2, 0.25) is 0 Å². The van der Waals surface area contributed by atoms with Crippen molar-refractivity contribution in [2.24, 2.45) is 23.7 Å². The molecule has 78 valence electrons. The zero-order chi connectivity index (χ0) is 10.1. The Balaban J connectivity index is 1.77. The number of hydrogen-bond acceptors (Lipinski definition) is 1. The Labute approximate surface area is 85.8 Å². The summed E-state index contributed by atoms with van der Waals surface area (Å²) in [6, 6.07) is 0. The Hall–Kier alpha value is -0.790. The summed E-state index contributed by atoms with van der Waals surface area (Å²) in [6.07, 6.45) is 7.27. The first-order valence-corrected chi connectivity index (χ1v) is 5.63. The monoisotopic (exact) mass is 193 g/mol. The first-order valence-electron chi connectivity index (χ1n) is 5.63. The number of allylic oxidation sites excluding steroid dienone is 2. The van der Waals surface area contributed by atoms with E-state index >= 15 is 0 Å². The summed E-state index contributed by atoms with van der Waals surface area (Å²) < 4.78 is 0. The Morgan fingerprint density at radius 1 is 1.43 bits per heavy atom. The summed E-state index contributed by atoms with van der Waals surface area (Å²) in [7, 11) is 0. The van der Waals surface area contributed by atoms with Crippen molar-refractivity contribution in [3.63, 3.8) is 0 Å². The average Bonchev–Trinajstić information content (AvgIpc) is 2.74. The van der Waals surface area contributed by atoms with E-state index in [9.17, 15) is 4.79 Å². The van der Waals surface area contributed by atoms with E-state index in [1.54, 1.807) is 0 Å². The van der Waals surface area contributed by atoms with E-state index in [1.165, 1.54) is 12.8 Å². The molecule has 3 unspecified atom stereocenters. The second kappa shape index (κ2) is 3.76. The van der Waals surface area contributed by atoms with Gasteiger partial charge in [-0.3, -0.25) is 4.79 Å². The molecule has 0 radical (unpaired) electrons. The zero-order valence-electron chi connectivity index (χ0n) is 8.99. The van der Waals surface area contributed by atoms with E-state index in [-0.39, 0.29) is 11.8 Å². The van der Waals surface area contributed by atoms with Crippen LogP contribution in [-0.2, 0) is 4.79 Å². The summed E-state index contributed by atoms with van der Waals surface area (Å²) in [5.41, 5.74) is 0. The van der Waals surface area contributed by atoms with Crippen molar-refractivity contribution >= 4 is 5.91 Å². The van der Waals surface area contributed by atoms with Crippen molar-refractivity contribution in [1.82, 2.24) is 5.32 Å². The molecule has 2 aliphatic carbocycles. The van der Waals surface area contributed by atoms with Gasteiger partial charge >= 0.3 is 0 Å². The predicted molar refractivity (Wildman–Crippen MR) is 56.7 cm³/mol. The molecule has 2 aliphatic rings. The first-order chi connectivity index (χ1) is 6.66. The van der Waals surface area contributed by atoms with Gasteiger partial charge in [-0.15, -0.1) is 0 Å². The Morgan fingerprint density at radius 2 is 2.21 bits per heavy atom. The number of nitrogens with one attached hydrogen (secondary N) is 1. The standard InChI is InChI=1S/C12H19NO/c1-8(2)12(14)13-7-11-6-9-3-4-10(11)5-9/h3-4,8-11H,5-7H2,1-2H3,(H,13,14). The lowest BCUT2D eigenvalue weighted by Crippen LogP contribution is -2.33. The average molecular weight is 193 g/mol. The van der Waals surface area contributed by atoms with Gasteiger partial charge in [-0.2, -0.15) is 0 Å². The van der Waals surface area contributed by atoms with Gasteiger partial charge in [-0.1, -0.05) is 26.0 Å². The summed E-state index contributed by atoms with van der Waals surface area (Å²) in [4.78, 5) is 11.4. The topological polar surface area (TPSA) is 29.1 Å². The van der Waals surface area contributed by atoms with Gasteiger partial charge in [0.2, 0.25) is 5.91 Å². The molecule has 0 spiro atoms. The van der Waals surface area contributed by atoms with Crippen molar-refractivity contribution in [1.29, 1.82) is 0 Å². The van der Waals surface area contributed by atoms with Crippen molar-refractivity contribution in [2.75, 3.05) is 6.54 Å². The maximum absolute atomic E-state index is 11.4. The maximum Gasteiger partial charge on any atom is 0.222 e. The van der Waals surface area contributed by atoms with Crippen LogP contribution in [0.3, 0.4) is 0 Å². The highest BCUT2D eigenvalue weighted by Crippen LogP contribution is 2.42. The third kappa shape index (κ3) is 1.84. The van der Waals surface area contributed by atoms with Crippen LogP contribution < -0.4 is 5.32 Å². The van der Waals surface area contributed by atoms with E-state index in [0.29, 0.717) is 5.92 Å². The summed E-state index contributed by atoms with van der Waals surface area (Å²) in [6.45, 7) is 4.76. The normalized spacial score (nSPS) is 34.1. The molecular weight excluding hydrogens is 174 g/mol. The summed E-state index contributed by atoms with van der Waals surface area (Å²) >= 11 is 0. The molecule has 0 aromatic carbocycles. The third-order valence-electron chi connectivity index (χ3n) is 3.48. The van der Waals surface area contributed by atoms with Gasteiger partial charge in [-0.25, -0.2) is 0 Å². The van der Waals surface area contributed by atoms with Crippen molar-refractivity contribution in [2.45, 2.75) is 26.7 Å². The fourth-order valence-electron chi connectivity index (χ4n) is 2.57. The molecule has 2 rings (SSSR count). The van der Waals surface area contributed by atoms with Crippen LogP contribution >= 0.6 is 0 Å². The number of carbonyl (C=O) groups is 1. The van der Waals surface area contributed by atoms with Crippen LogP contribution in [0.1, 0.15) is 26.7 Å². The molecule has 2 bridgehead atoms. The number of hydrogen-bond donors (Lipinski definition) is 1. The van der Waals surface area contributed by atoms with E-state index in [1.807, 2.05) is 13.8 Å². The minimum Gasteiger partial charge on any atom is -0.356 e. The lowest BCUT2D eigenvalue weighted by molar-refractivity contribution is -0.124. The van der Waals surface area contributed by atoms with E-state index in [0.717, 1.165) is 18.4 Å². The molecule has 0 heterocycles. The predicted octanol–water partition coefficient (Wildman–Crippen LogP) is 1.97. The molecule has 1 saturated carbocycles. The molecule has 2 heteroatoms. The highest BCUT2D eigenvalue weighted by atomic mass is 16.1. The Bertz CT molecular complexity index is 257. The maximum atomic E-state index is 11.4. The molecule has 1 fully saturated rings. The second-order valence-electron chi connectivity index (χ2n) is 4.94. The molecule has 3 atom stereocenters. The fraction of sp³-hybridized carbons (Fsp3) is 0.750. The fourth-order valence-corrected chi connectivity index (χ4v) is 2.57. The van der Waals surface area contributed by atoms with Gasteiger partial charge in [0.15, 0.2) is 0 Å². The highest BCUT2D eigenvalue weighted by Gasteiger charge is 2.35. The van der Waals surface area contributed by atoms with E-state index < -0.39 is 0 Å². The van der Waals surface area contributed by atoms with Crippen LogP contribution in [0, 0.1) is 23.7 Å². The Kier molecular flexibility index (Phi) is 2.62. The van der Waals surface area contributed by atoms with Crippen molar-refractivity contribution in [3.8, 4) is 0 Å². The van der Waals surface area contributed by atoms with Gasteiger partial charge in [0.25, 0.3) is 0 Å². The van der Waals surface area contributed by atoms with Gasteiger partial charge in [0.1, 0.15) is 0 Å². The lowest BCUT2D eigenvalue weighted by Gasteiger charge is -2.19. The summed E-state index contributed by atoms with van der Waals surface area (Å²) in [5, 5.41) is 3.04. The van der Waals surface area contributed by atoms with Crippen LogP contribution in [0.4, 0.5) is 0 Å². The zero-order valence-corrected chi connectivity index (χ0v) is 8.99. The quantitative estimate of drug-likeness (QED) is 0.682. The number of rotatable bonds is 3. The number of amides is 1. The largest absolute Gasteiger partial charge is 0.356 e. The molecular formula is C12H19NO. The van der Waals surface area contributed by atoms with Crippen LogP contribution in [0.5, 0.6) is 0 Å². The summed E-state index contributed by atoms with van der Waals surface area (Å²) in [5.74, 6) is 2.56. The molecule has 0 saturated heterocycles. The van der Waals surface area contributed by atoms with Gasteiger partial charge in [0, 0.05) is 12.5 Å². The third-order valence-corrected chi connectivity index (χ3v) is 3.48. The second-order valence-corrected chi connectivity index (χ2v) is 4.94. The number of fused-ring (bicyclic) bond motifs is 2. The molecule has 1 amide bonds. The molecule has 0 aromatic heterocycles. The van der Waals surface area contributed by atoms with Crippen molar-refractivity contribution in [3.05, 3.63) is 12.2 Å². The van der Waals surface area contributed by atoms with E-state index in [2.05, 4.69) is 17.5 Å². The van der Waals surface area contributed by atoms with Gasteiger partial charge in [0.05, 0.1) is 0 Å². The van der Waals surface area contributed by atoms with E-state index in [4.69, 9.17) is 0 Å². The van der Waals surface area contributed by atoms with Gasteiger partial charge in [-0.05, 0) is 30.6 Å². The van der Waals surface area contributed by atoms with Crippen LogP contribution in [-0.4, -0.2) is 12.5 Å². The first kappa shape index (κ1) is 9.75. The smallest absolute Gasteiger partial charge is 0.222 e. The minimum absolute atomic E-state index is 0.115. The van der Waals surface area contributed by atoms with Crippen LogP contribution in [0.25, 0.3) is 0 Å². The minimum atomic E-state index is 0.115. The highest BCUT2D eigenvalue weighted by molar-refractivity contribution is 5.77. The molecule has 0 aliphatic heterocycles. The molecule has 0 aromatic rings. The number of carbonyl (C=O) groups excluding carboxylic acids is 1. The molecule has 2 nitrogen and oxygen atoms in total. The Morgan fingerprint density at radius 3 is 2.71 bits per heavy atom.